The maximum absolute atomic E-state index is 9.57. The minimum atomic E-state index is 0.0309. The van der Waals surface area contributed by atoms with Crippen LogP contribution in [0.5, 0.6) is 17.2 Å². The lowest BCUT2D eigenvalue weighted by molar-refractivity contribution is -0.596. The molecule has 0 fully saturated rings. The molecule has 0 radical (unpaired) electrons. The van der Waals surface area contributed by atoms with Gasteiger partial charge in [-0.25, -0.2) is 0 Å². The lowest BCUT2D eigenvalue weighted by Gasteiger charge is -1.99. The van der Waals surface area contributed by atoms with Crippen LogP contribution >= 0.6 is 0 Å². The van der Waals surface area contributed by atoms with Crippen LogP contribution in [0.1, 0.15) is 0 Å². The predicted molar refractivity (Wildman–Crippen MR) is 53.0 cm³/mol. The second kappa shape index (κ2) is 3.49. The second-order valence-electron chi connectivity index (χ2n) is 3.14. The Morgan fingerprint density at radius 1 is 0.933 bits per heavy atom. The minimum absolute atomic E-state index is 0.0309. The summed E-state index contributed by atoms with van der Waals surface area (Å²) in [5.74, 6) is 0.169. The van der Waals surface area contributed by atoms with Gasteiger partial charge in [-0.05, 0) is 18.2 Å². The molecule has 0 aliphatic rings. The Hall–Kier alpha value is -2.23. The Bertz CT molecular complexity index is 497. The minimum Gasteiger partial charge on any atom is -0.508 e. The molecule has 0 aliphatic carbocycles. The molecule has 15 heavy (non-hydrogen) atoms. The van der Waals surface area contributed by atoms with Crippen molar-refractivity contribution in [3.8, 4) is 22.9 Å². The van der Waals surface area contributed by atoms with Crippen LogP contribution in [-0.4, -0.2) is 15.3 Å². The Morgan fingerprint density at radius 2 is 1.73 bits per heavy atom. The fourth-order valence-electron chi connectivity index (χ4n) is 1.33. The summed E-state index contributed by atoms with van der Waals surface area (Å²) in [5, 5.41) is 28.1. The first-order valence-corrected chi connectivity index (χ1v) is 4.39. The van der Waals surface area contributed by atoms with Crippen LogP contribution in [-0.2, 0) is 0 Å². The third-order valence-electron chi connectivity index (χ3n) is 2.02. The Kier molecular flexibility index (Phi) is 2.17. The number of benzene rings is 1. The summed E-state index contributed by atoms with van der Waals surface area (Å²) in [6.45, 7) is 0. The van der Waals surface area contributed by atoms with Crippen molar-refractivity contribution in [1.82, 2.24) is 0 Å². The summed E-state index contributed by atoms with van der Waals surface area (Å²) in [6.07, 6.45) is 3.10. The predicted octanol–water partition coefficient (Wildman–Crippen LogP) is 1.08. The molecular formula is C11H10NO3+. The van der Waals surface area contributed by atoms with Gasteiger partial charge in [0.2, 0.25) is 6.20 Å². The highest BCUT2D eigenvalue weighted by Gasteiger charge is 2.13. The van der Waals surface area contributed by atoms with Gasteiger partial charge in [0, 0.05) is 6.07 Å². The molecule has 0 aliphatic heterocycles. The van der Waals surface area contributed by atoms with Crippen LogP contribution in [0.25, 0.3) is 5.69 Å². The van der Waals surface area contributed by atoms with E-state index in [-0.39, 0.29) is 17.2 Å². The van der Waals surface area contributed by atoms with Crippen LogP contribution in [0, 0.1) is 0 Å². The number of phenols is 2. The molecule has 3 N–H and O–H groups in total. The lowest BCUT2D eigenvalue weighted by atomic mass is 10.2. The van der Waals surface area contributed by atoms with Gasteiger partial charge in [0.05, 0.1) is 6.07 Å². The van der Waals surface area contributed by atoms with Crippen molar-refractivity contribution in [1.29, 1.82) is 0 Å². The van der Waals surface area contributed by atoms with E-state index in [9.17, 15) is 15.3 Å². The van der Waals surface area contributed by atoms with E-state index in [1.807, 2.05) is 0 Å². The molecule has 76 valence electrons. The maximum atomic E-state index is 9.57. The van der Waals surface area contributed by atoms with Gasteiger partial charge in [0.15, 0.2) is 17.7 Å². The molecule has 0 bridgehead atoms. The van der Waals surface area contributed by atoms with E-state index < -0.39 is 0 Å². The highest BCUT2D eigenvalue weighted by atomic mass is 16.3. The third kappa shape index (κ3) is 1.83. The zero-order valence-electron chi connectivity index (χ0n) is 7.83. The molecule has 0 unspecified atom stereocenters. The van der Waals surface area contributed by atoms with E-state index in [2.05, 4.69) is 0 Å². The number of hydrogen-bond acceptors (Lipinski definition) is 3. The van der Waals surface area contributed by atoms with Crippen molar-refractivity contribution in [3.63, 3.8) is 0 Å². The number of phenolic OH excluding ortho intramolecular Hbond substituents is 2. The average molecular weight is 204 g/mol. The Labute approximate surface area is 86.3 Å². The molecule has 0 atom stereocenters. The molecule has 4 heteroatoms. The summed E-state index contributed by atoms with van der Waals surface area (Å²) in [7, 11) is 0. The average Bonchev–Trinajstić information content (AvgIpc) is 2.22. The summed E-state index contributed by atoms with van der Waals surface area (Å²) in [6, 6.07) is 7.36. The van der Waals surface area contributed by atoms with Crippen LogP contribution in [0.2, 0.25) is 0 Å². The quantitative estimate of drug-likeness (QED) is 0.481. The van der Waals surface area contributed by atoms with Gasteiger partial charge in [-0.15, -0.1) is 0 Å². The molecule has 1 aromatic heterocycles. The number of hydrogen-bond donors (Lipinski definition) is 3. The molecule has 1 heterocycles. The largest absolute Gasteiger partial charge is 0.508 e. The van der Waals surface area contributed by atoms with Gasteiger partial charge in [-0.3, -0.25) is 0 Å². The van der Waals surface area contributed by atoms with Crippen molar-refractivity contribution in [3.05, 3.63) is 42.7 Å². The number of aromatic nitrogens is 1. The molecule has 0 amide bonds. The van der Waals surface area contributed by atoms with Gasteiger partial charge in [-0.2, -0.15) is 4.57 Å². The number of aromatic hydroxyl groups is 3. The smallest absolute Gasteiger partial charge is 0.256 e. The maximum Gasteiger partial charge on any atom is 0.256 e. The monoisotopic (exact) mass is 204 g/mol. The highest BCUT2D eigenvalue weighted by Crippen LogP contribution is 2.22. The van der Waals surface area contributed by atoms with Crippen LogP contribution in [0.4, 0.5) is 0 Å². The fraction of sp³-hybridized carbons (Fsp3) is 0. The lowest BCUT2D eigenvalue weighted by Crippen LogP contribution is -2.29. The van der Waals surface area contributed by atoms with E-state index in [4.69, 9.17) is 0 Å². The van der Waals surface area contributed by atoms with Crippen molar-refractivity contribution >= 4 is 0 Å². The van der Waals surface area contributed by atoms with Gasteiger partial charge in [-0.1, -0.05) is 0 Å². The van der Waals surface area contributed by atoms with Gasteiger partial charge in [0.25, 0.3) is 5.69 Å². The zero-order valence-corrected chi connectivity index (χ0v) is 7.83. The summed E-state index contributed by atoms with van der Waals surface area (Å²) in [5.41, 5.74) is 0.408. The molecule has 2 aromatic rings. The second-order valence-corrected chi connectivity index (χ2v) is 3.14. The number of rotatable bonds is 1. The molecule has 1 aromatic carbocycles. The molecular weight excluding hydrogens is 194 g/mol. The Balaban J connectivity index is 2.58. The first kappa shape index (κ1) is 9.33. The summed E-state index contributed by atoms with van der Waals surface area (Å²) >= 11 is 0. The van der Waals surface area contributed by atoms with E-state index in [1.54, 1.807) is 12.3 Å². The van der Waals surface area contributed by atoms with Gasteiger partial charge in [0.1, 0.15) is 5.75 Å². The summed E-state index contributed by atoms with van der Waals surface area (Å²) < 4.78 is 1.52. The van der Waals surface area contributed by atoms with Crippen molar-refractivity contribution < 1.29 is 19.9 Å². The van der Waals surface area contributed by atoms with Crippen molar-refractivity contribution in [2.45, 2.75) is 0 Å². The van der Waals surface area contributed by atoms with Gasteiger partial charge < -0.3 is 15.3 Å². The van der Waals surface area contributed by atoms with E-state index in [0.717, 1.165) is 0 Å². The van der Waals surface area contributed by atoms with E-state index >= 15 is 0 Å². The topological polar surface area (TPSA) is 64.6 Å². The molecule has 0 saturated carbocycles. The fourth-order valence-corrected chi connectivity index (χ4v) is 1.33. The molecule has 2 rings (SSSR count). The van der Waals surface area contributed by atoms with Crippen molar-refractivity contribution in [2.75, 3.05) is 0 Å². The van der Waals surface area contributed by atoms with E-state index in [0.29, 0.717) is 5.69 Å². The summed E-state index contributed by atoms with van der Waals surface area (Å²) in [4.78, 5) is 0. The third-order valence-corrected chi connectivity index (χ3v) is 2.02. The van der Waals surface area contributed by atoms with Gasteiger partial charge >= 0.3 is 0 Å². The molecule has 0 saturated heterocycles. The highest BCUT2D eigenvalue weighted by molar-refractivity contribution is 5.44. The molecule has 4 nitrogen and oxygen atoms in total. The van der Waals surface area contributed by atoms with E-state index in [1.165, 1.54) is 35.0 Å². The van der Waals surface area contributed by atoms with Crippen LogP contribution in [0.3, 0.4) is 0 Å². The number of pyridine rings is 1. The normalized spacial score (nSPS) is 10.1. The molecule has 0 spiro atoms. The first-order valence-electron chi connectivity index (χ1n) is 4.39. The SMILES string of the molecule is Oc1ccc(O)c(-[n+]2cccc(O)c2)c1. The van der Waals surface area contributed by atoms with Crippen molar-refractivity contribution in [2.24, 2.45) is 0 Å². The standard InChI is InChI=1S/C11H9NO3/c13-8-3-4-11(15)10(6-8)12-5-1-2-9(14)7-12/h1-7H,(H2-,13,14,15)/p+1. The van der Waals surface area contributed by atoms with Crippen LogP contribution < -0.4 is 4.57 Å². The Morgan fingerprint density at radius 3 is 2.47 bits per heavy atom. The first-order chi connectivity index (χ1) is 7.16. The zero-order chi connectivity index (χ0) is 10.8. The number of nitrogens with zero attached hydrogens (tertiary/aromatic N) is 1. The van der Waals surface area contributed by atoms with Crippen LogP contribution in [0.15, 0.2) is 42.7 Å².